The Morgan fingerprint density at radius 1 is 1.25 bits per heavy atom. The molecule has 0 unspecified atom stereocenters. The first-order chi connectivity index (χ1) is 9.54. The van der Waals surface area contributed by atoms with E-state index < -0.39 is 0 Å². The lowest BCUT2D eigenvalue weighted by Gasteiger charge is -2.08. The van der Waals surface area contributed by atoms with Gasteiger partial charge in [-0.1, -0.05) is 18.2 Å². The largest absolute Gasteiger partial charge is 0.334 e. The molecule has 0 aliphatic rings. The van der Waals surface area contributed by atoms with Gasteiger partial charge in [-0.2, -0.15) is 0 Å². The number of amides is 2. The molecule has 2 aromatic rings. The van der Waals surface area contributed by atoms with E-state index in [-0.39, 0.29) is 11.8 Å². The second-order valence-electron chi connectivity index (χ2n) is 4.40. The zero-order valence-corrected chi connectivity index (χ0v) is 13.1. The first kappa shape index (κ1) is 14.8. The van der Waals surface area contributed by atoms with Crippen LogP contribution in [-0.4, -0.2) is 6.03 Å². The monoisotopic (exact) mass is 384 g/mol. The Morgan fingerprint density at radius 3 is 2.75 bits per heavy atom. The molecule has 2 N–H and O–H groups in total. The summed E-state index contributed by atoms with van der Waals surface area (Å²) in [6, 6.07) is 12.1. The Labute approximate surface area is 130 Å². The SMILES string of the molecule is Cc1ccc(NC(=O)NCc2cccc(I)c2)cc1F. The van der Waals surface area contributed by atoms with E-state index in [4.69, 9.17) is 0 Å². The van der Waals surface area contributed by atoms with Gasteiger partial charge in [-0.05, 0) is 64.9 Å². The Balaban J connectivity index is 1.91. The van der Waals surface area contributed by atoms with Crippen LogP contribution in [-0.2, 0) is 6.54 Å². The molecule has 2 rings (SSSR count). The van der Waals surface area contributed by atoms with Crippen LogP contribution in [0.2, 0.25) is 0 Å². The highest BCUT2D eigenvalue weighted by molar-refractivity contribution is 14.1. The minimum Gasteiger partial charge on any atom is -0.334 e. The molecule has 0 heterocycles. The number of hydrogen-bond donors (Lipinski definition) is 2. The van der Waals surface area contributed by atoms with Gasteiger partial charge < -0.3 is 10.6 Å². The van der Waals surface area contributed by atoms with Crippen molar-refractivity contribution in [3.05, 3.63) is 63.0 Å². The van der Waals surface area contributed by atoms with Gasteiger partial charge in [0.1, 0.15) is 5.82 Å². The quantitative estimate of drug-likeness (QED) is 0.770. The molecular formula is C15H14FIN2O. The van der Waals surface area contributed by atoms with Crippen molar-refractivity contribution in [3.63, 3.8) is 0 Å². The van der Waals surface area contributed by atoms with Crippen LogP contribution in [0.15, 0.2) is 42.5 Å². The minimum atomic E-state index is -0.355. The van der Waals surface area contributed by atoms with Crippen molar-refractivity contribution in [2.45, 2.75) is 13.5 Å². The highest BCUT2D eigenvalue weighted by Gasteiger charge is 2.04. The lowest BCUT2D eigenvalue weighted by atomic mass is 10.2. The molecule has 5 heteroatoms. The second kappa shape index (κ2) is 6.69. The summed E-state index contributed by atoms with van der Waals surface area (Å²) in [6.45, 7) is 2.10. The third-order valence-corrected chi connectivity index (χ3v) is 3.44. The van der Waals surface area contributed by atoms with Crippen LogP contribution in [0.3, 0.4) is 0 Å². The summed E-state index contributed by atoms with van der Waals surface area (Å²) in [4.78, 5) is 11.7. The highest BCUT2D eigenvalue weighted by atomic mass is 127. The van der Waals surface area contributed by atoms with E-state index in [1.807, 2.05) is 24.3 Å². The van der Waals surface area contributed by atoms with Crippen molar-refractivity contribution in [1.29, 1.82) is 0 Å². The van der Waals surface area contributed by atoms with Crippen LogP contribution in [0.1, 0.15) is 11.1 Å². The molecular weight excluding hydrogens is 370 g/mol. The minimum absolute atomic E-state index is 0.333. The van der Waals surface area contributed by atoms with E-state index in [1.165, 1.54) is 6.07 Å². The molecule has 0 atom stereocenters. The molecule has 0 fully saturated rings. The predicted octanol–water partition coefficient (Wildman–Crippen LogP) is 4.06. The highest BCUT2D eigenvalue weighted by Crippen LogP contribution is 2.13. The third kappa shape index (κ3) is 4.19. The van der Waals surface area contributed by atoms with Gasteiger partial charge in [-0.3, -0.25) is 0 Å². The van der Waals surface area contributed by atoms with E-state index in [2.05, 4.69) is 33.2 Å². The van der Waals surface area contributed by atoms with Crippen molar-refractivity contribution in [3.8, 4) is 0 Å². The topological polar surface area (TPSA) is 41.1 Å². The summed E-state index contributed by atoms with van der Waals surface area (Å²) in [5, 5.41) is 5.34. The molecule has 2 aromatic carbocycles. The van der Waals surface area contributed by atoms with Gasteiger partial charge in [0.05, 0.1) is 0 Å². The van der Waals surface area contributed by atoms with Crippen molar-refractivity contribution in [2.75, 3.05) is 5.32 Å². The number of halogens is 2. The zero-order chi connectivity index (χ0) is 14.5. The Kier molecular flexibility index (Phi) is 4.94. The van der Waals surface area contributed by atoms with Gasteiger partial charge in [0.2, 0.25) is 0 Å². The number of carbonyl (C=O) groups is 1. The Bertz CT molecular complexity index is 631. The molecule has 0 saturated carbocycles. The summed E-state index contributed by atoms with van der Waals surface area (Å²) in [7, 11) is 0. The standard InChI is InChI=1S/C15H14FIN2O/c1-10-5-6-13(8-14(10)16)19-15(20)18-9-11-3-2-4-12(17)7-11/h2-8H,9H2,1H3,(H2,18,19,20). The Hall–Kier alpha value is -1.63. The maximum absolute atomic E-state index is 13.4. The van der Waals surface area contributed by atoms with Gasteiger partial charge in [0.15, 0.2) is 0 Å². The summed E-state index contributed by atoms with van der Waals surface area (Å²) in [5.41, 5.74) is 2.00. The normalized spacial score (nSPS) is 10.2. The first-order valence-electron chi connectivity index (χ1n) is 6.10. The number of hydrogen-bond acceptors (Lipinski definition) is 1. The van der Waals surface area contributed by atoms with E-state index in [0.717, 1.165) is 9.13 Å². The molecule has 104 valence electrons. The number of rotatable bonds is 3. The van der Waals surface area contributed by atoms with Gasteiger partial charge in [0, 0.05) is 15.8 Å². The summed E-state index contributed by atoms with van der Waals surface area (Å²) in [6.07, 6.45) is 0. The number of urea groups is 1. The molecule has 0 aliphatic heterocycles. The van der Waals surface area contributed by atoms with E-state index >= 15 is 0 Å². The van der Waals surface area contributed by atoms with E-state index in [9.17, 15) is 9.18 Å². The molecule has 3 nitrogen and oxygen atoms in total. The van der Waals surface area contributed by atoms with Gasteiger partial charge in [0.25, 0.3) is 0 Å². The van der Waals surface area contributed by atoms with Crippen LogP contribution < -0.4 is 10.6 Å². The smallest absolute Gasteiger partial charge is 0.319 e. The average molecular weight is 384 g/mol. The molecule has 0 saturated heterocycles. The number of aryl methyl sites for hydroxylation is 1. The number of nitrogens with one attached hydrogen (secondary N) is 2. The van der Waals surface area contributed by atoms with Crippen LogP contribution in [0.5, 0.6) is 0 Å². The van der Waals surface area contributed by atoms with Crippen molar-refractivity contribution < 1.29 is 9.18 Å². The van der Waals surface area contributed by atoms with Crippen molar-refractivity contribution >= 4 is 34.3 Å². The molecule has 0 radical (unpaired) electrons. The van der Waals surface area contributed by atoms with Crippen molar-refractivity contribution in [2.24, 2.45) is 0 Å². The molecule has 2 amide bonds. The molecule has 20 heavy (non-hydrogen) atoms. The molecule has 0 aliphatic carbocycles. The lowest BCUT2D eigenvalue weighted by Crippen LogP contribution is -2.28. The average Bonchev–Trinajstić information content (AvgIpc) is 2.41. The fourth-order valence-corrected chi connectivity index (χ4v) is 2.28. The van der Waals surface area contributed by atoms with Crippen LogP contribution >= 0.6 is 22.6 Å². The fourth-order valence-electron chi connectivity index (χ4n) is 1.68. The summed E-state index contributed by atoms with van der Waals surface area (Å²) >= 11 is 2.22. The van der Waals surface area contributed by atoms with Gasteiger partial charge in [-0.25, -0.2) is 9.18 Å². The summed E-state index contributed by atoms with van der Waals surface area (Å²) in [5.74, 6) is -0.333. The maximum atomic E-state index is 13.4. The third-order valence-electron chi connectivity index (χ3n) is 2.77. The van der Waals surface area contributed by atoms with Crippen molar-refractivity contribution in [1.82, 2.24) is 5.32 Å². The maximum Gasteiger partial charge on any atom is 0.319 e. The predicted molar refractivity (Wildman–Crippen MR) is 86.2 cm³/mol. The first-order valence-corrected chi connectivity index (χ1v) is 7.18. The van der Waals surface area contributed by atoms with Gasteiger partial charge in [-0.15, -0.1) is 0 Å². The summed E-state index contributed by atoms with van der Waals surface area (Å²) < 4.78 is 14.5. The lowest BCUT2D eigenvalue weighted by molar-refractivity contribution is 0.251. The number of benzene rings is 2. The fraction of sp³-hybridized carbons (Fsp3) is 0.133. The van der Waals surface area contributed by atoms with E-state index in [1.54, 1.807) is 19.1 Å². The zero-order valence-electron chi connectivity index (χ0n) is 10.9. The number of anilines is 1. The van der Waals surface area contributed by atoms with Crippen LogP contribution in [0, 0.1) is 16.3 Å². The van der Waals surface area contributed by atoms with Crippen LogP contribution in [0.25, 0.3) is 0 Å². The second-order valence-corrected chi connectivity index (χ2v) is 5.65. The van der Waals surface area contributed by atoms with Gasteiger partial charge >= 0.3 is 6.03 Å². The van der Waals surface area contributed by atoms with Crippen LogP contribution in [0.4, 0.5) is 14.9 Å². The van der Waals surface area contributed by atoms with E-state index in [0.29, 0.717) is 17.8 Å². The number of carbonyl (C=O) groups excluding carboxylic acids is 1. The molecule has 0 spiro atoms. The molecule has 0 bridgehead atoms. The molecule has 0 aromatic heterocycles. The Morgan fingerprint density at radius 2 is 2.05 bits per heavy atom.